The Morgan fingerprint density at radius 3 is 2.89 bits per heavy atom. The first-order valence-electron chi connectivity index (χ1n) is 9.06. The number of allylic oxidation sites excluding steroid dienone is 7. The smallest absolute Gasteiger partial charge is 0.303 e. The van der Waals surface area contributed by atoms with Crippen LogP contribution in [0.2, 0.25) is 0 Å². The Labute approximate surface area is 165 Å². The van der Waals surface area contributed by atoms with E-state index in [-0.39, 0.29) is 18.2 Å². The maximum atomic E-state index is 13.5. The second-order valence-corrected chi connectivity index (χ2v) is 6.99. The molecule has 0 spiro atoms. The third-order valence-corrected chi connectivity index (χ3v) is 4.55. The molecule has 0 aromatic carbocycles. The van der Waals surface area contributed by atoms with Crippen molar-refractivity contribution >= 4 is 17.7 Å². The average Bonchev–Trinajstić information content (AvgIpc) is 2.89. The normalized spacial score (nSPS) is 19.3. The van der Waals surface area contributed by atoms with E-state index < -0.39 is 5.97 Å². The Balaban J connectivity index is 0.00000176. The molecule has 1 heterocycles. The van der Waals surface area contributed by atoms with Gasteiger partial charge in [-0.15, -0.1) is 5.73 Å². The van der Waals surface area contributed by atoms with E-state index in [1.165, 1.54) is 23.9 Å². The van der Waals surface area contributed by atoms with Crippen LogP contribution in [0.15, 0.2) is 75.7 Å². The zero-order valence-corrected chi connectivity index (χ0v) is 16.9. The molecule has 27 heavy (non-hydrogen) atoms. The van der Waals surface area contributed by atoms with Crippen LogP contribution in [0, 0.1) is 5.92 Å². The van der Waals surface area contributed by atoms with Crippen LogP contribution in [-0.4, -0.2) is 17.7 Å². The molecule has 0 amide bonds. The summed E-state index contributed by atoms with van der Waals surface area (Å²) in [7, 11) is 0. The molecule has 0 fully saturated rings. The molecule has 1 N–H and O–H groups in total. The van der Waals surface area contributed by atoms with Crippen LogP contribution >= 0.6 is 11.8 Å². The van der Waals surface area contributed by atoms with E-state index in [0.717, 1.165) is 16.2 Å². The highest BCUT2D eigenvalue weighted by molar-refractivity contribution is 8.07. The second kappa shape index (κ2) is 12.2. The van der Waals surface area contributed by atoms with Crippen LogP contribution in [-0.2, 0) is 9.53 Å². The summed E-state index contributed by atoms with van der Waals surface area (Å²) in [5, 5.41) is 9.01. The molecule has 3 nitrogen and oxygen atoms in total. The topological polar surface area (TPSA) is 46.5 Å². The fourth-order valence-corrected chi connectivity index (χ4v) is 3.39. The van der Waals surface area contributed by atoms with E-state index in [0.29, 0.717) is 24.4 Å². The lowest BCUT2D eigenvalue weighted by Crippen LogP contribution is -2.08. The third kappa shape index (κ3) is 8.33. The first-order chi connectivity index (χ1) is 13.0. The van der Waals surface area contributed by atoms with Gasteiger partial charge in [-0.25, -0.2) is 4.39 Å². The summed E-state index contributed by atoms with van der Waals surface area (Å²) in [6.07, 6.45) is 11.4. The predicted octanol–water partition coefficient (Wildman–Crippen LogP) is 6.45. The van der Waals surface area contributed by atoms with Crippen molar-refractivity contribution in [1.29, 1.82) is 0 Å². The molecule has 2 aliphatic rings. The fourth-order valence-electron chi connectivity index (χ4n) is 2.62. The molecule has 146 valence electrons. The minimum Gasteiger partial charge on any atom is -0.493 e. The number of carbonyl (C=O) groups is 1. The van der Waals surface area contributed by atoms with Crippen LogP contribution in [0.5, 0.6) is 0 Å². The van der Waals surface area contributed by atoms with E-state index in [9.17, 15) is 9.18 Å². The van der Waals surface area contributed by atoms with Crippen LogP contribution < -0.4 is 0 Å². The molecule has 0 aromatic rings. The van der Waals surface area contributed by atoms with E-state index >= 15 is 0 Å². The molecule has 1 unspecified atom stereocenters. The zero-order valence-electron chi connectivity index (χ0n) is 16.1. The van der Waals surface area contributed by atoms with Gasteiger partial charge in [-0.1, -0.05) is 38.3 Å². The minimum absolute atomic E-state index is 0.0541. The van der Waals surface area contributed by atoms with E-state index in [1.54, 1.807) is 19.1 Å². The lowest BCUT2D eigenvalue weighted by Gasteiger charge is -2.10. The molecule has 0 saturated carbocycles. The lowest BCUT2D eigenvalue weighted by molar-refractivity contribution is -0.138. The maximum absolute atomic E-state index is 13.5. The Hall–Kier alpha value is -2.23. The number of carboxylic acids is 1. The van der Waals surface area contributed by atoms with E-state index in [1.807, 2.05) is 26.0 Å². The van der Waals surface area contributed by atoms with Crippen molar-refractivity contribution in [2.45, 2.75) is 40.0 Å². The number of hydrogen-bond acceptors (Lipinski definition) is 3. The van der Waals surface area contributed by atoms with E-state index in [4.69, 9.17) is 9.84 Å². The quantitative estimate of drug-likeness (QED) is 0.418. The van der Waals surface area contributed by atoms with Gasteiger partial charge in [-0.2, -0.15) is 0 Å². The third-order valence-electron chi connectivity index (χ3n) is 3.70. The van der Waals surface area contributed by atoms with Gasteiger partial charge in [0, 0.05) is 21.8 Å². The molecule has 1 atom stereocenters. The molecule has 5 heteroatoms. The number of thioether (sulfide) groups is 1. The van der Waals surface area contributed by atoms with Crippen LogP contribution in [0.1, 0.15) is 40.0 Å². The molecular weight excluding hydrogens is 363 g/mol. The van der Waals surface area contributed by atoms with Crippen molar-refractivity contribution in [3.63, 3.8) is 0 Å². The molecule has 1 aliphatic heterocycles. The molecule has 0 saturated heterocycles. The average molecular weight is 391 g/mol. The monoisotopic (exact) mass is 390 g/mol. The van der Waals surface area contributed by atoms with Gasteiger partial charge in [0.1, 0.15) is 11.6 Å². The van der Waals surface area contributed by atoms with Crippen LogP contribution in [0.25, 0.3) is 0 Å². The number of hydrogen-bond donors (Lipinski definition) is 1. The first-order valence-corrected chi connectivity index (χ1v) is 9.88. The summed E-state index contributed by atoms with van der Waals surface area (Å²) in [6, 6.07) is 0. The summed E-state index contributed by atoms with van der Waals surface area (Å²) in [5.74, 6) is -0.364. The SMILES string of the molecule is C=C(/C=C(F)\C=C/C)SC1=CC2=C(C=C=C1)CC(CC(=O)O)CCO2.CC. The summed E-state index contributed by atoms with van der Waals surface area (Å²) in [5.41, 5.74) is 4.03. The maximum Gasteiger partial charge on any atom is 0.303 e. The number of ether oxygens (including phenoxy) is 1. The fraction of sp³-hybridized carbons (Fsp3) is 0.364. The summed E-state index contributed by atoms with van der Waals surface area (Å²) < 4.78 is 19.3. The predicted molar refractivity (Wildman–Crippen MR) is 111 cm³/mol. The summed E-state index contributed by atoms with van der Waals surface area (Å²) >= 11 is 1.33. The number of aliphatic carboxylic acids is 1. The Kier molecular flexibility index (Phi) is 10.3. The van der Waals surface area contributed by atoms with Crippen molar-refractivity contribution in [1.82, 2.24) is 0 Å². The largest absolute Gasteiger partial charge is 0.493 e. The first kappa shape index (κ1) is 22.8. The van der Waals surface area contributed by atoms with Gasteiger partial charge >= 0.3 is 5.97 Å². The Morgan fingerprint density at radius 1 is 1.48 bits per heavy atom. The van der Waals surface area contributed by atoms with Gasteiger partial charge in [0.25, 0.3) is 0 Å². The zero-order chi connectivity index (χ0) is 20.2. The Morgan fingerprint density at radius 2 is 2.22 bits per heavy atom. The second-order valence-electron chi connectivity index (χ2n) is 5.79. The van der Waals surface area contributed by atoms with Crippen LogP contribution in [0.3, 0.4) is 0 Å². The van der Waals surface area contributed by atoms with Crippen molar-refractivity contribution in [2.24, 2.45) is 5.92 Å². The van der Waals surface area contributed by atoms with Crippen molar-refractivity contribution in [3.05, 3.63) is 75.7 Å². The van der Waals surface area contributed by atoms with Gasteiger partial charge in [0.2, 0.25) is 0 Å². The molecule has 1 aliphatic carbocycles. The standard InChI is InChI=1S/C20H21FO3S.C2H6/c1-3-5-17(21)10-14(2)25-18-7-4-6-16-11-15(12-20(22)23)8-9-24-19(16)13-18;1-2/h3,5-7,10,13,15H,2,8-9,11-12H2,1H3,(H,22,23);1-2H3/b5-3-,17-10+;. The number of halogens is 1. The van der Waals surface area contributed by atoms with Crippen molar-refractivity contribution in [3.8, 4) is 0 Å². The highest BCUT2D eigenvalue weighted by Crippen LogP contribution is 2.33. The van der Waals surface area contributed by atoms with Gasteiger partial charge in [-0.3, -0.25) is 4.79 Å². The molecule has 0 radical (unpaired) electrons. The highest BCUT2D eigenvalue weighted by Gasteiger charge is 2.21. The summed E-state index contributed by atoms with van der Waals surface area (Å²) in [6.45, 7) is 10.1. The molecular formula is C22H27FO3S. The van der Waals surface area contributed by atoms with Crippen LogP contribution in [0.4, 0.5) is 4.39 Å². The van der Waals surface area contributed by atoms with Gasteiger partial charge in [0.15, 0.2) is 0 Å². The summed E-state index contributed by atoms with van der Waals surface area (Å²) in [4.78, 5) is 12.4. The molecule has 0 aromatic heterocycles. The number of rotatable bonds is 6. The minimum atomic E-state index is -0.791. The van der Waals surface area contributed by atoms with Crippen molar-refractivity contribution in [2.75, 3.05) is 6.61 Å². The lowest BCUT2D eigenvalue weighted by atomic mass is 9.93. The Bertz CT molecular complexity index is 735. The van der Waals surface area contributed by atoms with Gasteiger partial charge < -0.3 is 9.84 Å². The number of carboxylic acid groups (broad SMARTS) is 1. The molecule has 2 rings (SSSR count). The van der Waals surface area contributed by atoms with Crippen molar-refractivity contribution < 1.29 is 19.0 Å². The van der Waals surface area contributed by atoms with E-state index in [2.05, 4.69) is 12.3 Å². The van der Waals surface area contributed by atoms with Gasteiger partial charge in [0.05, 0.1) is 6.61 Å². The van der Waals surface area contributed by atoms with Gasteiger partial charge in [-0.05, 0) is 56.1 Å². The highest BCUT2D eigenvalue weighted by atomic mass is 32.2. The molecule has 0 bridgehead atoms.